The van der Waals surface area contributed by atoms with Gasteiger partial charge in [-0.3, -0.25) is 14.4 Å². The van der Waals surface area contributed by atoms with Crippen LogP contribution in [-0.4, -0.2) is 47.0 Å². The molecule has 1 aromatic rings. The van der Waals surface area contributed by atoms with E-state index in [2.05, 4.69) is 17.6 Å². The highest BCUT2D eigenvalue weighted by molar-refractivity contribution is 7.99. The monoisotopic (exact) mass is 375 g/mol. The SMILES string of the molecule is CCCCCNC(=O)C(C)NC(=O)C1CSC2c3ccccc3C(=O)N12. The maximum atomic E-state index is 12.7. The Balaban J connectivity index is 1.58. The zero-order valence-electron chi connectivity index (χ0n) is 15.2. The number of hydrogen-bond acceptors (Lipinski definition) is 4. The fourth-order valence-electron chi connectivity index (χ4n) is 3.36. The minimum absolute atomic E-state index is 0.104. The Kier molecular flexibility index (Phi) is 5.86. The lowest BCUT2D eigenvalue weighted by atomic mass is 10.1. The van der Waals surface area contributed by atoms with Crippen LogP contribution in [0.1, 0.15) is 54.4 Å². The normalized spacial score (nSPS) is 21.9. The lowest BCUT2D eigenvalue weighted by Gasteiger charge is -2.24. The lowest BCUT2D eigenvalue weighted by molar-refractivity contribution is -0.130. The Morgan fingerprint density at radius 3 is 2.85 bits per heavy atom. The second kappa shape index (κ2) is 8.12. The van der Waals surface area contributed by atoms with E-state index in [1.165, 1.54) is 0 Å². The number of carbonyl (C=O) groups is 3. The van der Waals surface area contributed by atoms with Crippen molar-refractivity contribution in [2.75, 3.05) is 12.3 Å². The number of thioether (sulfide) groups is 1. The molecule has 0 radical (unpaired) electrons. The molecule has 26 heavy (non-hydrogen) atoms. The van der Waals surface area contributed by atoms with Crippen LogP contribution in [0.3, 0.4) is 0 Å². The predicted molar refractivity (Wildman–Crippen MR) is 102 cm³/mol. The summed E-state index contributed by atoms with van der Waals surface area (Å²) in [5, 5.41) is 5.50. The van der Waals surface area contributed by atoms with Crippen molar-refractivity contribution in [1.29, 1.82) is 0 Å². The molecule has 6 nitrogen and oxygen atoms in total. The molecule has 1 fully saturated rings. The highest BCUT2D eigenvalue weighted by atomic mass is 32.2. The van der Waals surface area contributed by atoms with Crippen LogP contribution < -0.4 is 10.6 Å². The van der Waals surface area contributed by atoms with Crippen LogP contribution in [0.25, 0.3) is 0 Å². The molecule has 140 valence electrons. The van der Waals surface area contributed by atoms with E-state index in [1.54, 1.807) is 29.7 Å². The molecule has 0 bridgehead atoms. The quantitative estimate of drug-likeness (QED) is 0.715. The fourth-order valence-corrected chi connectivity index (χ4v) is 4.82. The first-order valence-corrected chi connectivity index (χ1v) is 10.2. The molecular weight excluding hydrogens is 350 g/mol. The van der Waals surface area contributed by atoms with Crippen molar-refractivity contribution in [2.45, 2.75) is 50.6 Å². The Hall–Kier alpha value is -2.02. The van der Waals surface area contributed by atoms with E-state index in [9.17, 15) is 14.4 Å². The van der Waals surface area contributed by atoms with Gasteiger partial charge in [0, 0.05) is 17.9 Å². The summed E-state index contributed by atoms with van der Waals surface area (Å²) in [5.74, 6) is -0.0148. The van der Waals surface area contributed by atoms with Gasteiger partial charge in [0.15, 0.2) is 0 Å². The van der Waals surface area contributed by atoms with Crippen molar-refractivity contribution in [2.24, 2.45) is 0 Å². The van der Waals surface area contributed by atoms with Gasteiger partial charge in [0.1, 0.15) is 17.5 Å². The van der Waals surface area contributed by atoms with Crippen molar-refractivity contribution >= 4 is 29.5 Å². The average molecular weight is 375 g/mol. The summed E-state index contributed by atoms with van der Waals surface area (Å²) in [4.78, 5) is 39.1. The molecule has 3 unspecified atom stereocenters. The zero-order valence-corrected chi connectivity index (χ0v) is 16.0. The molecule has 1 aromatic carbocycles. The molecule has 2 aliphatic heterocycles. The average Bonchev–Trinajstić information content (AvgIpc) is 3.19. The highest BCUT2D eigenvalue weighted by Crippen LogP contribution is 2.48. The van der Waals surface area contributed by atoms with Gasteiger partial charge >= 0.3 is 0 Å². The molecule has 0 saturated carbocycles. The van der Waals surface area contributed by atoms with Gasteiger partial charge in [-0.1, -0.05) is 38.0 Å². The summed E-state index contributed by atoms with van der Waals surface area (Å²) in [6.07, 6.45) is 3.10. The number of rotatable bonds is 7. The smallest absolute Gasteiger partial charge is 0.256 e. The summed E-state index contributed by atoms with van der Waals surface area (Å²) in [6.45, 7) is 4.40. The molecule has 3 atom stereocenters. The van der Waals surface area contributed by atoms with Crippen molar-refractivity contribution in [3.8, 4) is 0 Å². The van der Waals surface area contributed by atoms with Gasteiger partial charge in [0.2, 0.25) is 11.8 Å². The van der Waals surface area contributed by atoms with Crippen molar-refractivity contribution in [3.63, 3.8) is 0 Å². The first kappa shape index (κ1) is 18.8. The van der Waals surface area contributed by atoms with Crippen LogP contribution in [0.2, 0.25) is 0 Å². The van der Waals surface area contributed by atoms with Gasteiger partial charge in [-0.15, -0.1) is 11.8 Å². The summed E-state index contributed by atoms with van der Waals surface area (Å²) < 4.78 is 0. The van der Waals surface area contributed by atoms with Crippen LogP contribution in [0.5, 0.6) is 0 Å². The minimum atomic E-state index is -0.617. The molecule has 3 amide bonds. The van der Waals surface area contributed by atoms with E-state index >= 15 is 0 Å². The number of nitrogens with one attached hydrogen (secondary N) is 2. The topological polar surface area (TPSA) is 78.5 Å². The zero-order chi connectivity index (χ0) is 18.7. The maximum absolute atomic E-state index is 12.7. The summed E-state index contributed by atoms with van der Waals surface area (Å²) in [6, 6.07) is 6.33. The number of hydrogen-bond donors (Lipinski definition) is 2. The molecule has 7 heteroatoms. The largest absolute Gasteiger partial charge is 0.354 e. The number of carbonyl (C=O) groups excluding carboxylic acids is 3. The molecule has 0 spiro atoms. The Morgan fingerprint density at radius 2 is 2.08 bits per heavy atom. The molecule has 3 rings (SSSR count). The highest BCUT2D eigenvalue weighted by Gasteiger charge is 2.48. The van der Waals surface area contributed by atoms with Crippen molar-refractivity contribution in [1.82, 2.24) is 15.5 Å². The van der Waals surface area contributed by atoms with Crippen LogP contribution in [0.4, 0.5) is 0 Å². The van der Waals surface area contributed by atoms with Crippen LogP contribution >= 0.6 is 11.8 Å². The van der Waals surface area contributed by atoms with E-state index in [1.807, 2.05) is 18.2 Å². The molecule has 2 N–H and O–H groups in total. The van der Waals surface area contributed by atoms with Crippen LogP contribution in [0, 0.1) is 0 Å². The standard InChI is InChI=1S/C19H25N3O3S/c1-3-4-7-10-20-16(23)12(2)21-17(24)15-11-26-19-14-9-6-5-8-13(14)18(25)22(15)19/h5-6,8-9,12,15,19H,3-4,7,10-11H2,1-2H3,(H,20,23)(H,21,24). The van der Waals surface area contributed by atoms with Gasteiger partial charge < -0.3 is 15.5 Å². The number of benzene rings is 1. The van der Waals surface area contributed by atoms with Gasteiger partial charge in [-0.25, -0.2) is 0 Å². The fraction of sp³-hybridized carbons (Fsp3) is 0.526. The predicted octanol–water partition coefficient (Wildman–Crippen LogP) is 2.07. The molecule has 0 aliphatic carbocycles. The van der Waals surface area contributed by atoms with E-state index < -0.39 is 12.1 Å². The third-order valence-electron chi connectivity index (χ3n) is 4.83. The minimum Gasteiger partial charge on any atom is -0.354 e. The van der Waals surface area contributed by atoms with Crippen molar-refractivity contribution < 1.29 is 14.4 Å². The number of amides is 3. The third-order valence-corrected chi connectivity index (χ3v) is 6.13. The van der Waals surface area contributed by atoms with E-state index in [-0.39, 0.29) is 23.1 Å². The van der Waals surface area contributed by atoms with Crippen molar-refractivity contribution in [3.05, 3.63) is 35.4 Å². The third kappa shape index (κ3) is 3.58. The molecule has 1 saturated heterocycles. The van der Waals surface area contributed by atoms with Gasteiger partial charge in [-0.2, -0.15) is 0 Å². The Bertz CT molecular complexity index is 709. The molecular formula is C19H25N3O3S. The van der Waals surface area contributed by atoms with Crippen LogP contribution in [-0.2, 0) is 9.59 Å². The number of nitrogens with zero attached hydrogens (tertiary/aromatic N) is 1. The van der Waals surface area contributed by atoms with Gasteiger partial charge in [-0.05, 0) is 25.0 Å². The second-order valence-electron chi connectivity index (χ2n) is 6.73. The van der Waals surface area contributed by atoms with E-state index in [0.717, 1.165) is 24.8 Å². The Morgan fingerprint density at radius 1 is 1.31 bits per heavy atom. The first-order chi connectivity index (χ1) is 12.5. The summed E-state index contributed by atoms with van der Waals surface area (Å²) >= 11 is 1.59. The van der Waals surface area contributed by atoms with E-state index in [4.69, 9.17) is 0 Å². The molecule has 0 aromatic heterocycles. The Labute approximate surface area is 158 Å². The first-order valence-electron chi connectivity index (χ1n) is 9.16. The molecule has 2 heterocycles. The number of fused-ring (bicyclic) bond motifs is 3. The summed E-state index contributed by atoms with van der Waals surface area (Å²) in [5.41, 5.74) is 1.64. The lowest BCUT2D eigenvalue weighted by Crippen LogP contribution is -2.52. The van der Waals surface area contributed by atoms with Gasteiger partial charge in [0.05, 0.1) is 0 Å². The van der Waals surface area contributed by atoms with Crippen LogP contribution in [0.15, 0.2) is 24.3 Å². The van der Waals surface area contributed by atoms with Gasteiger partial charge in [0.25, 0.3) is 5.91 Å². The number of unbranched alkanes of at least 4 members (excludes halogenated alkanes) is 2. The second-order valence-corrected chi connectivity index (χ2v) is 7.84. The summed E-state index contributed by atoms with van der Waals surface area (Å²) in [7, 11) is 0. The molecule has 2 aliphatic rings. The maximum Gasteiger partial charge on any atom is 0.256 e. The van der Waals surface area contributed by atoms with E-state index in [0.29, 0.717) is 17.9 Å².